The summed E-state index contributed by atoms with van der Waals surface area (Å²) in [5.41, 5.74) is 2.26. The summed E-state index contributed by atoms with van der Waals surface area (Å²) >= 11 is 12.3. The van der Waals surface area contributed by atoms with E-state index < -0.39 is 10.0 Å². The van der Waals surface area contributed by atoms with Crippen LogP contribution in [0.25, 0.3) is 16.7 Å². The highest BCUT2D eigenvalue weighted by Gasteiger charge is 2.27. The van der Waals surface area contributed by atoms with Crippen LogP contribution in [-0.4, -0.2) is 40.2 Å². The highest BCUT2D eigenvalue weighted by molar-refractivity contribution is 7.89. The van der Waals surface area contributed by atoms with Gasteiger partial charge in [-0.25, -0.2) is 27.8 Å². The van der Waals surface area contributed by atoms with Gasteiger partial charge in [0.15, 0.2) is 5.65 Å². The Morgan fingerprint density at radius 1 is 0.917 bits per heavy atom. The van der Waals surface area contributed by atoms with Crippen molar-refractivity contribution in [3.05, 3.63) is 70.1 Å². The molecule has 2 aromatic carbocycles. The van der Waals surface area contributed by atoms with E-state index in [1.165, 1.54) is 12.1 Å². The van der Waals surface area contributed by atoms with Gasteiger partial charge in [-0.05, 0) is 75.9 Å². The largest absolute Gasteiger partial charge is 0.367 e. The van der Waals surface area contributed by atoms with Crippen molar-refractivity contribution in [3.63, 3.8) is 0 Å². The van der Waals surface area contributed by atoms with Gasteiger partial charge in [-0.3, -0.25) is 0 Å². The predicted octanol–water partition coefficient (Wildman–Crippen LogP) is 5.44. The minimum Gasteiger partial charge on any atom is -0.367 e. The number of halogens is 2. The molecule has 1 saturated carbocycles. The molecule has 0 radical (unpaired) electrons. The second kappa shape index (κ2) is 9.97. The van der Waals surface area contributed by atoms with Crippen molar-refractivity contribution in [3.8, 4) is 5.69 Å². The van der Waals surface area contributed by atoms with Crippen molar-refractivity contribution < 1.29 is 8.42 Å². The van der Waals surface area contributed by atoms with E-state index in [4.69, 9.17) is 28.3 Å². The van der Waals surface area contributed by atoms with Gasteiger partial charge in [-0.2, -0.15) is 5.10 Å². The number of rotatable bonds is 6. The van der Waals surface area contributed by atoms with E-state index in [-0.39, 0.29) is 17.0 Å². The Bertz CT molecular complexity index is 1510. The van der Waals surface area contributed by atoms with Gasteiger partial charge in [0.2, 0.25) is 10.0 Å². The molecule has 2 N–H and O–H groups in total. The number of aromatic nitrogens is 4. The monoisotopic (exact) mass is 544 g/mol. The molecule has 0 saturated heterocycles. The lowest BCUT2D eigenvalue weighted by Crippen LogP contribution is -2.40. The van der Waals surface area contributed by atoms with Gasteiger partial charge in [-0.1, -0.05) is 35.3 Å². The molecule has 1 aliphatic rings. The number of aryl methyl sites for hydroxylation is 2. The molecule has 0 spiro atoms. The molecular weight excluding hydrogens is 519 g/mol. The van der Waals surface area contributed by atoms with E-state index in [2.05, 4.69) is 20.0 Å². The Morgan fingerprint density at radius 3 is 2.28 bits per heavy atom. The molecular formula is C25H26Cl2N6O2S. The molecule has 0 bridgehead atoms. The number of para-hydroxylation sites is 1. The minimum absolute atomic E-state index is 0.124. The number of hydrogen-bond acceptors (Lipinski definition) is 6. The van der Waals surface area contributed by atoms with E-state index in [9.17, 15) is 8.42 Å². The fourth-order valence-electron chi connectivity index (χ4n) is 4.64. The van der Waals surface area contributed by atoms with Gasteiger partial charge in [-0.15, -0.1) is 0 Å². The summed E-state index contributed by atoms with van der Waals surface area (Å²) in [4.78, 5) is 9.56. The lowest BCUT2D eigenvalue weighted by atomic mass is 9.92. The molecule has 4 aromatic rings. The van der Waals surface area contributed by atoms with Gasteiger partial charge < -0.3 is 5.32 Å². The Balaban J connectivity index is 1.32. The van der Waals surface area contributed by atoms with Crippen LogP contribution < -0.4 is 10.0 Å². The van der Waals surface area contributed by atoms with Crippen molar-refractivity contribution >= 4 is 50.1 Å². The molecule has 1 aliphatic carbocycles. The standard InChI is InChI=1S/C25H26Cl2N6O2S/c1-15-23-24(28-16(2)29-25(23)33(31-15)22-6-4-3-5-21(22)27)30-18-9-11-19(12-10-18)32-36(34,35)20-13-7-17(26)8-14-20/h3-8,13-14,18-19,32H,9-12H2,1-2H3,(H,28,29,30). The number of hydrogen-bond donors (Lipinski definition) is 2. The zero-order chi connectivity index (χ0) is 25.4. The molecule has 8 nitrogen and oxygen atoms in total. The van der Waals surface area contributed by atoms with E-state index in [0.29, 0.717) is 21.5 Å². The van der Waals surface area contributed by atoms with Crippen LogP contribution in [0.4, 0.5) is 5.82 Å². The molecule has 2 heterocycles. The van der Waals surface area contributed by atoms with Gasteiger partial charge in [0.1, 0.15) is 11.6 Å². The highest BCUT2D eigenvalue weighted by Crippen LogP contribution is 2.31. The van der Waals surface area contributed by atoms with Crippen LogP contribution >= 0.6 is 23.2 Å². The topological polar surface area (TPSA) is 102 Å². The van der Waals surface area contributed by atoms with Gasteiger partial charge in [0.25, 0.3) is 0 Å². The fraction of sp³-hybridized carbons (Fsp3) is 0.320. The van der Waals surface area contributed by atoms with E-state index in [1.807, 2.05) is 38.1 Å². The average Bonchev–Trinajstić information content (AvgIpc) is 3.16. The lowest BCUT2D eigenvalue weighted by molar-refractivity contribution is 0.387. The maximum Gasteiger partial charge on any atom is 0.240 e. The third-order valence-corrected chi connectivity index (χ3v) is 8.52. The Labute approximate surface area is 220 Å². The van der Waals surface area contributed by atoms with Gasteiger partial charge in [0.05, 0.1) is 26.7 Å². The van der Waals surface area contributed by atoms with Crippen LogP contribution in [0.15, 0.2) is 53.4 Å². The molecule has 1 fully saturated rings. The molecule has 36 heavy (non-hydrogen) atoms. The van der Waals surface area contributed by atoms with Gasteiger partial charge >= 0.3 is 0 Å². The maximum atomic E-state index is 12.7. The summed E-state index contributed by atoms with van der Waals surface area (Å²) in [6.07, 6.45) is 3.04. The first-order chi connectivity index (χ1) is 17.2. The molecule has 0 unspecified atom stereocenters. The Hall–Kier alpha value is -2.72. The molecule has 0 aliphatic heterocycles. The van der Waals surface area contributed by atoms with E-state index >= 15 is 0 Å². The van der Waals surface area contributed by atoms with Crippen LogP contribution in [0.5, 0.6) is 0 Å². The number of fused-ring (bicyclic) bond motifs is 1. The fourth-order valence-corrected chi connectivity index (χ4v) is 6.28. The Kier molecular flexibility index (Phi) is 6.91. The quantitative estimate of drug-likeness (QED) is 0.335. The first-order valence-corrected chi connectivity index (χ1v) is 14.0. The van der Waals surface area contributed by atoms with E-state index in [0.717, 1.165) is 48.3 Å². The zero-order valence-corrected chi connectivity index (χ0v) is 22.2. The minimum atomic E-state index is -3.59. The van der Waals surface area contributed by atoms with Crippen molar-refractivity contribution in [2.75, 3.05) is 5.32 Å². The van der Waals surface area contributed by atoms with Crippen molar-refractivity contribution in [2.45, 2.75) is 56.5 Å². The maximum absolute atomic E-state index is 12.7. The molecule has 11 heteroatoms. The summed E-state index contributed by atoms with van der Waals surface area (Å²) in [7, 11) is -3.59. The third-order valence-electron chi connectivity index (χ3n) is 6.41. The molecule has 0 atom stereocenters. The normalized spacial score (nSPS) is 18.4. The second-order valence-electron chi connectivity index (χ2n) is 9.03. The predicted molar refractivity (Wildman–Crippen MR) is 143 cm³/mol. The van der Waals surface area contributed by atoms with Crippen LogP contribution in [0, 0.1) is 13.8 Å². The first-order valence-electron chi connectivity index (χ1n) is 11.7. The number of benzene rings is 2. The molecule has 0 amide bonds. The molecule has 5 rings (SSSR count). The zero-order valence-electron chi connectivity index (χ0n) is 19.9. The Morgan fingerprint density at radius 2 is 1.58 bits per heavy atom. The van der Waals surface area contributed by atoms with Gasteiger partial charge in [0, 0.05) is 17.1 Å². The summed E-state index contributed by atoms with van der Waals surface area (Å²) < 4.78 is 30.1. The number of sulfonamides is 1. The lowest BCUT2D eigenvalue weighted by Gasteiger charge is -2.30. The summed E-state index contributed by atoms with van der Waals surface area (Å²) in [5.74, 6) is 1.36. The SMILES string of the molecule is Cc1nc(NC2CCC(NS(=O)(=O)c3ccc(Cl)cc3)CC2)c2c(C)nn(-c3ccccc3Cl)c2n1. The summed E-state index contributed by atoms with van der Waals surface area (Å²) in [6, 6.07) is 13.8. The smallest absolute Gasteiger partial charge is 0.240 e. The molecule has 188 valence electrons. The number of anilines is 1. The second-order valence-corrected chi connectivity index (χ2v) is 11.6. The van der Waals surface area contributed by atoms with Crippen LogP contribution in [0.1, 0.15) is 37.2 Å². The third kappa shape index (κ3) is 5.06. The van der Waals surface area contributed by atoms with E-state index in [1.54, 1.807) is 16.8 Å². The number of nitrogens with zero attached hydrogens (tertiary/aromatic N) is 4. The first kappa shape index (κ1) is 25.0. The van der Waals surface area contributed by atoms with Crippen LogP contribution in [0.2, 0.25) is 10.0 Å². The summed E-state index contributed by atoms with van der Waals surface area (Å²) in [6.45, 7) is 3.79. The van der Waals surface area contributed by atoms with Crippen molar-refractivity contribution in [2.24, 2.45) is 0 Å². The summed E-state index contributed by atoms with van der Waals surface area (Å²) in [5, 5.41) is 10.2. The average molecular weight is 545 g/mol. The highest BCUT2D eigenvalue weighted by atomic mass is 35.5. The number of nitrogens with one attached hydrogen (secondary N) is 2. The molecule has 2 aromatic heterocycles. The van der Waals surface area contributed by atoms with Crippen LogP contribution in [0.3, 0.4) is 0 Å². The van der Waals surface area contributed by atoms with Crippen LogP contribution in [-0.2, 0) is 10.0 Å². The van der Waals surface area contributed by atoms with Crippen molar-refractivity contribution in [1.29, 1.82) is 0 Å². The van der Waals surface area contributed by atoms with Crippen molar-refractivity contribution in [1.82, 2.24) is 24.5 Å².